The van der Waals surface area contributed by atoms with Gasteiger partial charge in [-0.15, -0.1) is 0 Å². The maximum atomic E-state index is 11.7. The van der Waals surface area contributed by atoms with Gasteiger partial charge in [-0.1, -0.05) is 96.8 Å². The lowest BCUT2D eigenvalue weighted by molar-refractivity contribution is -0.122. The van der Waals surface area contributed by atoms with Gasteiger partial charge in [0.1, 0.15) is 5.78 Å². The van der Waals surface area contributed by atoms with Crippen LogP contribution in [0.15, 0.2) is 0 Å². The van der Waals surface area contributed by atoms with E-state index in [2.05, 4.69) is 12.2 Å². The largest absolute Gasteiger partial charge is 0.353 e. The van der Waals surface area contributed by atoms with Crippen molar-refractivity contribution in [3.8, 4) is 0 Å². The van der Waals surface area contributed by atoms with Crippen molar-refractivity contribution in [2.75, 3.05) is 0 Å². The highest BCUT2D eigenvalue weighted by Gasteiger charge is 2.08. The third-order valence-electron chi connectivity index (χ3n) is 5.01. The maximum Gasteiger partial charge on any atom is 0.220 e. The highest BCUT2D eigenvalue weighted by Crippen LogP contribution is 2.13. The summed E-state index contributed by atoms with van der Waals surface area (Å²) in [7, 11) is 0. The van der Waals surface area contributed by atoms with E-state index in [9.17, 15) is 9.59 Å². The van der Waals surface area contributed by atoms with Gasteiger partial charge in [-0.25, -0.2) is 0 Å². The standard InChI is InChI=1S/C23H45NO2/c1-4-5-6-7-8-9-10-11-12-13-14-15-16-17-18-19-23(26)24-21(2)20-22(3)25/h21H,4-20H2,1-3H3,(H,24,26). The molecule has 1 unspecified atom stereocenters. The van der Waals surface area contributed by atoms with Gasteiger partial charge in [-0.2, -0.15) is 0 Å². The lowest BCUT2D eigenvalue weighted by Crippen LogP contribution is -2.33. The first-order valence-corrected chi connectivity index (χ1v) is 11.3. The van der Waals surface area contributed by atoms with Crippen LogP contribution in [-0.4, -0.2) is 17.7 Å². The Balaban J connectivity index is 3.21. The molecule has 0 aliphatic heterocycles. The molecule has 26 heavy (non-hydrogen) atoms. The fraction of sp³-hybridized carbons (Fsp3) is 0.913. The SMILES string of the molecule is CCCCCCCCCCCCCCCCCC(=O)NC(C)CC(C)=O. The summed E-state index contributed by atoms with van der Waals surface area (Å²) in [5.41, 5.74) is 0. The molecule has 0 fully saturated rings. The van der Waals surface area contributed by atoms with E-state index < -0.39 is 0 Å². The van der Waals surface area contributed by atoms with E-state index in [0.29, 0.717) is 12.8 Å². The number of ketones is 1. The maximum absolute atomic E-state index is 11.7. The van der Waals surface area contributed by atoms with Crippen molar-refractivity contribution in [3.63, 3.8) is 0 Å². The molecular formula is C23H45NO2. The molecule has 1 N–H and O–H groups in total. The zero-order valence-corrected chi connectivity index (χ0v) is 17.9. The molecule has 0 aromatic carbocycles. The molecule has 0 aliphatic rings. The smallest absolute Gasteiger partial charge is 0.220 e. The molecule has 154 valence electrons. The molecule has 0 saturated heterocycles. The molecule has 3 nitrogen and oxygen atoms in total. The van der Waals surface area contributed by atoms with Crippen molar-refractivity contribution in [2.24, 2.45) is 0 Å². The number of carbonyl (C=O) groups is 2. The summed E-state index contributed by atoms with van der Waals surface area (Å²) in [6.45, 7) is 5.74. The highest BCUT2D eigenvalue weighted by molar-refractivity contribution is 5.79. The topological polar surface area (TPSA) is 46.2 Å². The summed E-state index contributed by atoms with van der Waals surface area (Å²) in [5.74, 6) is 0.221. The van der Waals surface area contributed by atoms with Crippen LogP contribution >= 0.6 is 0 Å². The van der Waals surface area contributed by atoms with Crippen LogP contribution in [0.1, 0.15) is 130 Å². The second-order valence-electron chi connectivity index (χ2n) is 8.07. The van der Waals surface area contributed by atoms with Crippen LogP contribution in [0.25, 0.3) is 0 Å². The van der Waals surface area contributed by atoms with Gasteiger partial charge >= 0.3 is 0 Å². The predicted octanol–water partition coefficient (Wildman–Crippen LogP) is 6.73. The monoisotopic (exact) mass is 367 g/mol. The van der Waals surface area contributed by atoms with Crippen molar-refractivity contribution in [2.45, 2.75) is 136 Å². The molecule has 0 aromatic rings. The van der Waals surface area contributed by atoms with E-state index >= 15 is 0 Å². The fourth-order valence-corrected chi connectivity index (χ4v) is 3.49. The first-order valence-electron chi connectivity index (χ1n) is 11.3. The molecule has 0 rings (SSSR count). The fourth-order valence-electron chi connectivity index (χ4n) is 3.49. The summed E-state index contributed by atoms with van der Waals surface area (Å²) in [5, 5.41) is 2.90. The number of unbranched alkanes of at least 4 members (excludes halogenated alkanes) is 14. The van der Waals surface area contributed by atoms with Crippen LogP contribution in [0.2, 0.25) is 0 Å². The van der Waals surface area contributed by atoms with Crippen LogP contribution in [0.4, 0.5) is 0 Å². The van der Waals surface area contributed by atoms with Crippen LogP contribution in [0.5, 0.6) is 0 Å². The highest BCUT2D eigenvalue weighted by atomic mass is 16.1. The minimum absolute atomic E-state index is 0.0312. The van der Waals surface area contributed by atoms with Gasteiger partial charge in [0.25, 0.3) is 0 Å². The Morgan fingerprint density at radius 1 is 0.692 bits per heavy atom. The molecule has 1 atom stereocenters. The van der Waals surface area contributed by atoms with Gasteiger partial charge in [0.05, 0.1) is 0 Å². The average Bonchev–Trinajstić information content (AvgIpc) is 2.57. The molecule has 3 heteroatoms. The number of carbonyl (C=O) groups excluding carboxylic acids is 2. The summed E-state index contributed by atoms with van der Waals surface area (Å²) >= 11 is 0. The van der Waals surface area contributed by atoms with Crippen molar-refractivity contribution < 1.29 is 9.59 Å². The predicted molar refractivity (Wildman–Crippen MR) is 112 cm³/mol. The Morgan fingerprint density at radius 2 is 1.08 bits per heavy atom. The lowest BCUT2D eigenvalue weighted by atomic mass is 10.0. The van der Waals surface area contributed by atoms with Gasteiger partial charge in [0, 0.05) is 18.9 Å². The summed E-state index contributed by atoms with van der Waals surface area (Å²) in [6.07, 6.45) is 21.1. The zero-order valence-electron chi connectivity index (χ0n) is 17.9. The number of nitrogens with one attached hydrogen (secondary N) is 1. The Bertz CT molecular complexity index is 341. The van der Waals surface area contributed by atoms with Crippen molar-refractivity contribution in [1.82, 2.24) is 5.32 Å². The molecule has 0 heterocycles. The number of rotatable bonds is 19. The Labute approximate surface area is 163 Å². The third-order valence-corrected chi connectivity index (χ3v) is 5.01. The molecule has 1 amide bonds. The number of amides is 1. The van der Waals surface area contributed by atoms with Gasteiger partial charge in [0.15, 0.2) is 0 Å². The van der Waals surface area contributed by atoms with Crippen LogP contribution in [-0.2, 0) is 9.59 Å². The first kappa shape index (κ1) is 25.1. The molecule has 0 bridgehead atoms. The van der Waals surface area contributed by atoms with E-state index in [-0.39, 0.29) is 17.7 Å². The van der Waals surface area contributed by atoms with E-state index in [1.54, 1.807) is 6.92 Å². The molecule has 0 aromatic heterocycles. The average molecular weight is 368 g/mol. The quantitative estimate of drug-likeness (QED) is 0.257. The Morgan fingerprint density at radius 3 is 1.46 bits per heavy atom. The van der Waals surface area contributed by atoms with Crippen molar-refractivity contribution in [3.05, 3.63) is 0 Å². The second kappa shape index (κ2) is 18.9. The van der Waals surface area contributed by atoms with Crippen LogP contribution in [0.3, 0.4) is 0 Å². The van der Waals surface area contributed by atoms with E-state index in [4.69, 9.17) is 0 Å². The first-order chi connectivity index (χ1) is 12.6. The zero-order chi connectivity index (χ0) is 19.5. The van der Waals surface area contributed by atoms with Crippen LogP contribution < -0.4 is 5.32 Å². The summed E-state index contributed by atoms with van der Waals surface area (Å²) in [4.78, 5) is 22.7. The van der Waals surface area contributed by atoms with E-state index in [1.165, 1.54) is 83.5 Å². The molecule has 0 aliphatic carbocycles. The van der Waals surface area contributed by atoms with Gasteiger partial charge in [-0.05, 0) is 20.3 Å². The number of hydrogen-bond acceptors (Lipinski definition) is 2. The molecule has 0 spiro atoms. The molecular weight excluding hydrogens is 322 g/mol. The summed E-state index contributed by atoms with van der Waals surface area (Å²) < 4.78 is 0. The third kappa shape index (κ3) is 19.5. The van der Waals surface area contributed by atoms with Crippen molar-refractivity contribution in [1.29, 1.82) is 0 Å². The Kier molecular flexibility index (Phi) is 18.3. The molecule has 0 saturated carbocycles. The number of Topliss-reactive ketones (excluding diaryl/α,β-unsaturated/α-hetero) is 1. The Hall–Kier alpha value is -0.860. The van der Waals surface area contributed by atoms with E-state index in [0.717, 1.165) is 12.8 Å². The van der Waals surface area contributed by atoms with Crippen LogP contribution in [0, 0.1) is 0 Å². The lowest BCUT2D eigenvalue weighted by Gasteiger charge is -2.11. The molecule has 0 radical (unpaired) electrons. The minimum atomic E-state index is -0.0312. The minimum Gasteiger partial charge on any atom is -0.353 e. The number of hydrogen-bond donors (Lipinski definition) is 1. The van der Waals surface area contributed by atoms with E-state index in [1.807, 2.05) is 6.92 Å². The van der Waals surface area contributed by atoms with Gasteiger partial charge in [0.2, 0.25) is 5.91 Å². The second-order valence-corrected chi connectivity index (χ2v) is 8.07. The summed E-state index contributed by atoms with van der Waals surface area (Å²) in [6, 6.07) is -0.0312. The van der Waals surface area contributed by atoms with Crippen molar-refractivity contribution >= 4 is 11.7 Å². The van der Waals surface area contributed by atoms with Gasteiger partial charge < -0.3 is 5.32 Å². The van der Waals surface area contributed by atoms with Gasteiger partial charge in [-0.3, -0.25) is 9.59 Å². The normalized spacial score (nSPS) is 12.1.